The van der Waals surface area contributed by atoms with Gasteiger partial charge in [-0.1, -0.05) is 23.5 Å². The number of carbonyl (C=O) groups excluding carboxylic acids is 1. The Morgan fingerprint density at radius 1 is 1.24 bits per heavy atom. The largest absolute Gasteiger partial charge is 0.318 e. The summed E-state index contributed by atoms with van der Waals surface area (Å²) < 4.78 is 4.56. The van der Waals surface area contributed by atoms with Crippen LogP contribution in [0, 0.1) is 13.8 Å². The van der Waals surface area contributed by atoms with Crippen LogP contribution in [-0.4, -0.2) is 30.1 Å². The molecular weight excluding hydrogens is 338 g/mol. The zero-order valence-corrected chi connectivity index (χ0v) is 14.7. The number of fused-ring (bicyclic) bond motifs is 2. The lowest BCUT2D eigenvalue weighted by molar-refractivity contribution is 0.0943. The average Bonchev–Trinajstić information content (AvgIpc) is 3.15. The molecule has 0 aliphatic heterocycles. The van der Waals surface area contributed by atoms with Crippen LogP contribution in [0.1, 0.15) is 22.0 Å². The van der Waals surface area contributed by atoms with Crippen molar-refractivity contribution in [2.24, 2.45) is 12.1 Å². The third-order valence-corrected chi connectivity index (χ3v) is 4.90. The van der Waals surface area contributed by atoms with Gasteiger partial charge in [-0.05, 0) is 32.0 Å². The minimum absolute atomic E-state index is 0.0358. The van der Waals surface area contributed by atoms with Gasteiger partial charge >= 0.3 is 5.91 Å². The fourth-order valence-corrected chi connectivity index (χ4v) is 3.58. The van der Waals surface area contributed by atoms with Gasteiger partial charge in [-0.25, -0.2) is 14.9 Å². The van der Waals surface area contributed by atoms with Crippen molar-refractivity contribution in [3.05, 3.63) is 52.3 Å². The smallest absolute Gasteiger partial charge is 0.311 e. The third-order valence-electron chi connectivity index (χ3n) is 3.79. The summed E-state index contributed by atoms with van der Waals surface area (Å²) in [7, 11) is 1.91. The van der Waals surface area contributed by atoms with Crippen molar-refractivity contribution in [1.29, 1.82) is 0 Å². The fraction of sp³-hybridized carbons (Fsp3) is 0.188. The quantitative estimate of drug-likeness (QED) is 0.554. The minimum Gasteiger partial charge on any atom is -0.318 e. The van der Waals surface area contributed by atoms with Crippen LogP contribution >= 0.6 is 11.3 Å². The van der Waals surface area contributed by atoms with Crippen molar-refractivity contribution < 1.29 is 4.79 Å². The first-order valence-electron chi connectivity index (χ1n) is 7.62. The van der Waals surface area contributed by atoms with E-state index in [4.69, 9.17) is 0 Å². The maximum absolute atomic E-state index is 12.3. The molecule has 0 aliphatic carbocycles. The molecule has 0 radical (unpaired) electrons. The number of hydrogen-bond donors (Lipinski definition) is 1. The van der Waals surface area contributed by atoms with Gasteiger partial charge in [0, 0.05) is 18.4 Å². The maximum atomic E-state index is 12.3. The number of aryl methyl sites for hydroxylation is 3. The second kappa shape index (κ2) is 5.78. The van der Waals surface area contributed by atoms with Crippen LogP contribution in [0.25, 0.3) is 16.0 Å². The Morgan fingerprint density at radius 2 is 2.04 bits per heavy atom. The second-order valence-corrected chi connectivity index (χ2v) is 6.66. The Bertz CT molecular complexity index is 1180. The molecule has 8 nitrogen and oxygen atoms in total. The molecule has 4 rings (SSSR count). The molecule has 0 aliphatic rings. The average molecular weight is 353 g/mol. The number of amides is 1. The van der Waals surface area contributed by atoms with Crippen LogP contribution in [0.5, 0.6) is 0 Å². The van der Waals surface area contributed by atoms with E-state index < -0.39 is 5.91 Å². The normalized spacial score (nSPS) is 12.2. The van der Waals surface area contributed by atoms with Crippen molar-refractivity contribution in [2.45, 2.75) is 13.8 Å². The van der Waals surface area contributed by atoms with Gasteiger partial charge in [0.2, 0.25) is 10.6 Å². The topological polar surface area (TPSA) is 89.5 Å². The lowest BCUT2D eigenvalue weighted by Crippen LogP contribution is -2.24. The zero-order chi connectivity index (χ0) is 17.6. The van der Waals surface area contributed by atoms with E-state index in [1.54, 1.807) is 4.52 Å². The van der Waals surface area contributed by atoms with Gasteiger partial charge in [0.15, 0.2) is 0 Å². The van der Waals surface area contributed by atoms with Crippen LogP contribution in [0.4, 0.5) is 0 Å². The molecule has 0 saturated heterocycles. The first-order chi connectivity index (χ1) is 12.0. The lowest BCUT2D eigenvalue weighted by Gasteiger charge is -1.97. The van der Waals surface area contributed by atoms with Gasteiger partial charge in [-0.2, -0.15) is 4.98 Å². The van der Waals surface area contributed by atoms with E-state index in [0.717, 1.165) is 21.6 Å². The van der Waals surface area contributed by atoms with E-state index >= 15 is 0 Å². The van der Waals surface area contributed by atoms with E-state index in [0.29, 0.717) is 10.6 Å². The van der Waals surface area contributed by atoms with Gasteiger partial charge in [-0.15, -0.1) is 10.2 Å². The first-order valence-corrected chi connectivity index (χ1v) is 8.44. The van der Waals surface area contributed by atoms with Crippen molar-refractivity contribution in [3.63, 3.8) is 0 Å². The summed E-state index contributed by atoms with van der Waals surface area (Å²) in [4.78, 5) is 21.5. The van der Waals surface area contributed by atoms with Gasteiger partial charge < -0.3 is 4.57 Å². The molecule has 0 spiro atoms. The highest BCUT2D eigenvalue weighted by Crippen LogP contribution is 2.14. The summed E-state index contributed by atoms with van der Waals surface area (Å²) in [5, 5.41) is 8.40. The number of thiazole rings is 1. The Hall–Kier alpha value is -3.07. The first kappa shape index (κ1) is 15.5. The Labute approximate surface area is 146 Å². The van der Waals surface area contributed by atoms with Gasteiger partial charge in [0.1, 0.15) is 0 Å². The molecule has 0 atom stereocenters. The van der Waals surface area contributed by atoms with E-state index in [1.807, 2.05) is 55.8 Å². The number of rotatable bonds is 2. The molecule has 4 aromatic rings. The number of aromatic nitrogens is 5. The fourth-order valence-electron chi connectivity index (χ4n) is 2.60. The zero-order valence-electron chi connectivity index (χ0n) is 13.9. The summed E-state index contributed by atoms with van der Waals surface area (Å²) >= 11 is 1.49. The molecule has 3 heterocycles. The number of nitrogens with one attached hydrogen (secondary N) is 1. The van der Waals surface area contributed by atoms with Crippen molar-refractivity contribution in [2.75, 3.05) is 0 Å². The molecule has 25 heavy (non-hydrogen) atoms. The number of benzene rings is 1. The molecule has 9 heteroatoms. The molecule has 0 fully saturated rings. The summed E-state index contributed by atoms with van der Waals surface area (Å²) in [6.07, 6.45) is 0. The number of carbonyl (C=O) groups is 1. The van der Waals surface area contributed by atoms with Crippen LogP contribution in [0.2, 0.25) is 0 Å². The Kier molecular flexibility index (Phi) is 3.57. The van der Waals surface area contributed by atoms with Crippen molar-refractivity contribution in [3.8, 4) is 0 Å². The van der Waals surface area contributed by atoms with E-state index in [-0.39, 0.29) is 5.82 Å². The Morgan fingerprint density at radius 3 is 2.84 bits per heavy atom. The van der Waals surface area contributed by atoms with Crippen LogP contribution < -0.4 is 10.2 Å². The number of hydrogen-bond acceptors (Lipinski definition) is 6. The molecule has 126 valence electrons. The summed E-state index contributed by atoms with van der Waals surface area (Å²) in [5.74, 6) is -0.0382. The van der Waals surface area contributed by atoms with Gasteiger partial charge in [0.25, 0.3) is 5.78 Å². The van der Waals surface area contributed by atoms with Crippen molar-refractivity contribution >= 4 is 33.2 Å². The molecule has 0 bridgehead atoms. The summed E-state index contributed by atoms with van der Waals surface area (Å²) in [5.41, 5.74) is 5.27. The lowest BCUT2D eigenvalue weighted by atomic mass is 10.3. The Balaban J connectivity index is 1.67. The van der Waals surface area contributed by atoms with E-state index in [1.165, 1.54) is 11.3 Å². The second-order valence-electron chi connectivity index (χ2n) is 5.65. The summed E-state index contributed by atoms with van der Waals surface area (Å²) in [6.45, 7) is 3.76. The molecule has 0 saturated carbocycles. The van der Waals surface area contributed by atoms with Crippen LogP contribution in [0.3, 0.4) is 0 Å². The third kappa shape index (κ3) is 2.68. The molecule has 3 aromatic heterocycles. The molecule has 1 N–H and O–H groups in total. The minimum atomic E-state index is -0.472. The summed E-state index contributed by atoms with van der Waals surface area (Å²) in [6, 6.07) is 9.84. The standard InChI is InChI=1S/C16H15N7OS/c1-9-8-10(2)23-15(17-9)18-13(21-23)14(24)19-20-16-22(3)11-6-4-5-7-12(11)25-16/h4-8H,1-3H3,(H,19,24)/b20-16-. The van der Waals surface area contributed by atoms with Gasteiger partial charge in [0.05, 0.1) is 10.2 Å². The maximum Gasteiger partial charge on any atom is 0.311 e. The molecule has 1 amide bonds. The number of nitrogens with zero attached hydrogens (tertiary/aromatic N) is 6. The number of para-hydroxylation sites is 1. The highest BCUT2D eigenvalue weighted by molar-refractivity contribution is 7.16. The van der Waals surface area contributed by atoms with E-state index in [9.17, 15) is 4.79 Å². The monoisotopic (exact) mass is 353 g/mol. The SMILES string of the molecule is Cc1cc(C)n2nc(C(=O)N/N=c3\sc4ccccc4n3C)nc2n1. The molecule has 0 unspecified atom stereocenters. The molecule has 1 aromatic carbocycles. The molecular formula is C16H15N7OS. The van der Waals surface area contributed by atoms with E-state index in [2.05, 4.69) is 25.6 Å². The highest BCUT2D eigenvalue weighted by atomic mass is 32.1. The highest BCUT2D eigenvalue weighted by Gasteiger charge is 2.14. The van der Waals surface area contributed by atoms with Crippen LogP contribution in [-0.2, 0) is 7.05 Å². The predicted molar refractivity (Wildman–Crippen MR) is 94.1 cm³/mol. The van der Waals surface area contributed by atoms with Gasteiger partial charge in [-0.3, -0.25) is 4.79 Å². The van der Waals surface area contributed by atoms with Crippen molar-refractivity contribution in [1.82, 2.24) is 29.6 Å². The predicted octanol–water partition coefficient (Wildman–Crippen LogP) is 1.54. The van der Waals surface area contributed by atoms with Crippen LogP contribution in [0.15, 0.2) is 35.4 Å².